The van der Waals surface area contributed by atoms with Crippen molar-refractivity contribution in [3.63, 3.8) is 0 Å². The van der Waals surface area contributed by atoms with Crippen LogP contribution in [0.4, 0.5) is 0 Å². The molecule has 0 bridgehead atoms. The molecule has 2 nitrogen and oxygen atoms in total. The van der Waals surface area contributed by atoms with Gasteiger partial charge in [0.2, 0.25) is 0 Å². The highest BCUT2D eigenvalue weighted by molar-refractivity contribution is 5.94. The van der Waals surface area contributed by atoms with Gasteiger partial charge in [-0.3, -0.25) is 4.79 Å². The average Bonchev–Trinajstić information content (AvgIpc) is 3.54. The second-order valence-electron chi connectivity index (χ2n) is 9.86. The number of nitrogens with two attached hydrogens (primary N) is 1. The van der Waals surface area contributed by atoms with Crippen LogP contribution >= 0.6 is 0 Å². The monoisotopic (exact) mass is 383 g/mol. The van der Waals surface area contributed by atoms with Gasteiger partial charge in [-0.2, -0.15) is 0 Å². The Morgan fingerprint density at radius 2 is 1.86 bits per heavy atom. The molecule has 3 saturated carbocycles. The fraction of sp³-hybridized carbons (Fsp3) is 0.731. The van der Waals surface area contributed by atoms with E-state index in [1.807, 2.05) is 6.07 Å². The van der Waals surface area contributed by atoms with Gasteiger partial charge in [0.25, 0.3) is 0 Å². The van der Waals surface area contributed by atoms with Crippen LogP contribution in [0.1, 0.15) is 107 Å². The van der Waals surface area contributed by atoms with E-state index in [2.05, 4.69) is 32.9 Å². The Morgan fingerprint density at radius 3 is 2.43 bits per heavy atom. The molecule has 156 valence electrons. The lowest BCUT2D eigenvalue weighted by molar-refractivity contribution is 0.0744. The molecule has 3 fully saturated rings. The Balaban J connectivity index is 0.000000320. The zero-order chi connectivity index (χ0) is 20.3. The number of carbonyl (C=O) groups is 1. The Bertz CT molecular complexity index is 671. The number of fused-ring (bicyclic) bond motifs is 1. The second-order valence-corrected chi connectivity index (χ2v) is 9.86. The van der Waals surface area contributed by atoms with E-state index >= 15 is 0 Å². The van der Waals surface area contributed by atoms with Gasteiger partial charge in [0.1, 0.15) is 0 Å². The van der Waals surface area contributed by atoms with E-state index in [9.17, 15) is 4.79 Å². The maximum absolute atomic E-state index is 11.9. The SMILES string of the molecule is CCc1ccc(C(C)=O)cc1[C@@]12CCCCC1[C@@H](C)CCC2.C[C@@H](N)C1CC1. The van der Waals surface area contributed by atoms with E-state index in [0.29, 0.717) is 11.5 Å². The second kappa shape index (κ2) is 9.11. The molecule has 4 atom stereocenters. The first kappa shape index (κ1) is 21.6. The van der Waals surface area contributed by atoms with E-state index in [1.54, 1.807) is 6.92 Å². The fourth-order valence-electron chi connectivity index (χ4n) is 6.00. The highest BCUT2D eigenvalue weighted by Gasteiger charge is 2.47. The van der Waals surface area contributed by atoms with Gasteiger partial charge in [0, 0.05) is 11.6 Å². The Hall–Kier alpha value is -1.15. The molecule has 0 saturated heterocycles. The summed E-state index contributed by atoms with van der Waals surface area (Å²) in [5.74, 6) is 2.74. The van der Waals surface area contributed by atoms with Crippen LogP contribution < -0.4 is 5.73 Å². The van der Waals surface area contributed by atoms with Crippen molar-refractivity contribution in [2.24, 2.45) is 23.5 Å². The summed E-state index contributed by atoms with van der Waals surface area (Å²) in [6.45, 7) is 8.50. The molecule has 0 aromatic heterocycles. The summed E-state index contributed by atoms with van der Waals surface area (Å²) in [5, 5.41) is 0. The molecule has 4 rings (SSSR count). The molecule has 1 aromatic carbocycles. The van der Waals surface area contributed by atoms with E-state index in [-0.39, 0.29) is 5.78 Å². The molecule has 2 N–H and O–H groups in total. The number of ketones is 1. The van der Waals surface area contributed by atoms with E-state index in [1.165, 1.54) is 68.9 Å². The minimum atomic E-state index is 0.205. The van der Waals surface area contributed by atoms with Crippen molar-refractivity contribution in [2.45, 2.75) is 103 Å². The van der Waals surface area contributed by atoms with Crippen molar-refractivity contribution in [3.05, 3.63) is 34.9 Å². The third-order valence-corrected chi connectivity index (χ3v) is 7.87. The van der Waals surface area contributed by atoms with Gasteiger partial charge < -0.3 is 5.73 Å². The van der Waals surface area contributed by atoms with Gasteiger partial charge in [-0.1, -0.05) is 51.7 Å². The molecule has 2 heteroatoms. The number of hydrogen-bond acceptors (Lipinski definition) is 2. The van der Waals surface area contributed by atoms with E-state index in [4.69, 9.17) is 5.73 Å². The minimum absolute atomic E-state index is 0.205. The third kappa shape index (κ3) is 4.53. The van der Waals surface area contributed by atoms with Crippen molar-refractivity contribution >= 4 is 5.78 Å². The standard InChI is InChI=1S/C21H30O.C5H11N/c1-4-17-10-11-18(16(3)22)14-20(17)21-12-6-5-9-19(21)15(2)8-7-13-21;1-4(6)5-2-3-5/h10-11,14-15,19H,4-9,12-13H2,1-3H3;4-5H,2-3,6H2,1H3/t15-,19?,21+;4-/m01/s1. The van der Waals surface area contributed by atoms with Crippen LogP contribution in [0.5, 0.6) is 0 Å². The lowest BCUT2D eigenvalue weighted by atomic mass is 9.53. The zero-order valence-electron chi connectivity index (χ0n) is 18.6. The molecule has 28 heavy (non-hydrogen) atoms. The molecule has 0 amide bonds. The molecule has 3 aliphatic carbocycles. The summed E-state index contributed by atoms with van der Waals surface area (Å²) >= 11 is 0. The number of Topliss-reactive ketones (excluding diaryl/α,β-unsaturated/α-hetero) is 1. The summed E-state index contributed by atoms with van der Waals surface area (Å²) in [6.07, 6.45) is 13.4. The maximum Gasteiger partial charge on any atom is 0.159 e. The van der Waals surface area contributed by atoms with E-state index in [0.717, 1.165) is 29.7 Å². The highest BCUT2D eigenvalue weighted by Crippen LogP contribution is 2.55. The van der Waals surface area contributed by atoms with Crippen molar-refractivity contribution in [2.75, 3.05) is 0 Å². The van der Waals surface area contributed by atoms with Crippen molar-refractivity contribution in [3.8, 4) is 0 Å². The molecule has 0 heterocycles. The third-order valence-electron chi connectivity index (χ3n) is 7.87. The largest absolute Gasteiger partial charge is 0.328 e. The Morgan fingerprint density at radius 1 is 1.14 bits per heavy atom. The van der Waals surface area contributed by atoms with Crippen LogP contribution in [0.2, 0.25) is 0 Å². The minimum Gasteiger partial charge on any atom is -0.328 e. The molecule has 3 aliphatic rings. The highest BCUT2D eigenvalue weighted by atomic mass is 16.1. The lowest BCUT2D eigenvalue weighted by Gasteiger charge is -2.52. The molecule has 1 unspecified atom stereocenters. The summed E-state index contributed by atoms with van der Waals surface area (Å²) in [5.41, 5.74) is 9.76. The smallest absolute Gasteiger partial charge is 0.159 e. The summed E-state index contributed by atoms with van der Waals surface area (Å²) < 4.78 is 0. The number of benzene rings is 1. The Labute approximate surface area is 172 Å². The summed E-state index contributed by atoms with van der Waals surface area (Å²) in [6, 6.07) is 6.99. The van der Waals surface area contributed by atoms with Crippen molar-refractivity contribution < 1.29 is 4.79 Å². The first-order valence-corrected chi connectivity index (χ1v) is 11.8. The van der Waals surface area contributed by atoms with Crippen LogP contribution in [0.25, 0.3) is 0 Å². The topological polar surface area (TPSA) is 43.1 Å². The first-order chi connectivity index (χ1) is 13.4. The molecule has 0 spiro atoms. The van der Waals surface area contributed by atoms with Gasteiger partial charge >= 0.3 is 0 Å². The number of hydrogen-bond donors (Lipinski definition) is 1. The number of aryl methyl sites for hydroxylation is 1. The predicted molar refractivity (Wildman–Crippen MR) is 119 cm³/mol. The molecule has 0 radical (unpaired) electrons. The van der Waals surface area contributed by atoms with Gasteiger partial charge in [-0.15, -0.1) is 0 Å². The average molecular weight is 384 g/mol. The van der Waals surface area contributed by atoms with E-state index < -0.39 is 0 Å². The van der Waals surface area contributed by atoms with Gasteiger partial charge in [0.15, 0.2) is 5.78 Å². The molecular weight excluding hydrogens is 342 g/mol. The number of carbonyl (C=O) groups excluding carboxylic acids is 1. The lowest BCUT2D eigenvalue weighted by Crippen LogP contribution is -2.45. The zero-order valence-corrected chi connectivity index (χ0v) is 18.6. The van der Waals surface area contributed by atoms with Crippen LogP contribution in [-0.2, 0) is 11.8 Å². The van der Waals surface area contributed by atoms with Crippen LogP contribution in [-0.4, -0.2) is 11.8 Å². The van der Waals surface area contributed by atoms with Crippen molar-refractivity contribution in [1.82, 2.24) is 0 Å². The maximum atomic E-state index is 11.9. The fourth-order valence-corrected chi connectivity index (χ4v) is 6.00. The first-order valence-electron chi connectivity index (χ1n) is 11.8. The van der Waals surface area contributed by atoms with Crippen LogP contribution in [0.15, 0.2) is 18.2 Å². The van der Waals surface area contributed by atoms with Crippen LogP contribution in [0.3, 0.4) is 0 Å². The van der Waals surface area contributed by atoms with Crippen LogP contribution in [0, 0.1) is 17.8 Å². The molecule has 1 aromatic rings. The quantitative estimate of drug-likeness (QED) is 0.608. The number of rotatable bonds is 4. The molecular formula is C26H41NO. The predicted octanol–water partition coefficient (Wildman–Crippen LogP) is 6.44. The summed E-state index contributed by atoms with van der Waals surface area (Å²) in [4.78, 5) is 11.9. The molecule has 0 aliphatic heterocycles. The normalized spacial score (nSPS) is 30.6. The van der Waals surface area contributed by atoms with Crippen molar-refractivity contribution in [1.29, 1.82) is 0 Å². The van der Waals surface area contributed by atoms with Gasteiger partial charge in [-0.05, 0) is 92.7 Å². The Kier molecular flexibility index (Phi) is 7.02. The van der Waals surface area contributed by atoms with Gasteiger partial charge in [0.05, 0.1) is 0 Å². The van der Waals surface area contributed by atoms with Gasteiger partial charge in [-0.25, -0.2) is 0 Å². The summed E-state index contributed by atoms with van der Waals surface area (Å²) in [7, 11) is 0.